The Kier molecular flexibility index (Phi) is 5.18. The minimum atomic E-state index is -0.989. The van der Waals surface area contributed by atoms with Crippen LogP contribution in [0.25, 0.3) is 0 Å². The largest absolute Gasteiger partial charge is 0.273 e. The molecule has 2 aliphatic heterocycles. The third-order valence-electron chi connectivity index (χ3n) is 6.85. The monoisotopic (exact) mass is 457 g/mol. The number of hydroxylamine groups is 2. The van der Waals surface area contributed by atoms with Crippen LogP contribution >= 0.6 is 0 Å². The summed E-state index contributed by atoms with van der Waals surface area (Å²) in [5.74, 6) is -0.0984. The van der Waals surface area contributed by atoms with Crippen molar-refractivity contribution in [1.82, 2.24) is 5.06 Å². The zero-order valence-electron chi connectivity index (χ0n) is 19.0. The Morgan fingerprint density at radius 3 is 2.23 bits per heavy atom. The molecule has 0 saturated carbocycles. The maximum atomic E-state index is 13.8. The van der Waals surface area contributed by atoms with Crippen LogP contribution in [0.4, 0.5) is 5.69 Å². The number of hydrogen-bond donors (Lipinski definition) is 0. The van der Waals surface area contributed by atoms with Crippen molar-refractivity contribution in [2.75, 3.05) is 4.90 Å². The third-order valence-corrected chi connectivity index (χ3v) is 6.85. The quantitative estimate of drug-likeness (QED) is 0.380. The van der Waals surface area contributed by atoms with E-state index in [-0.39, 0.29) is 11.9 Å². The molecule has 0 N–H and O–H groups in total. The molecule has 1 spiro atoms. The van der Waals surface area contributed by atoms with E-state index in [1.54, 1.807) is 17.0 Å². The summed E-state index contributed by atoms with van der Waals surface area (Å²) < 4.78 is 0. The second-order valence-corrected chi connectivity index (χ2v) is 8.91. The molecule has 0 radical (unpaired) electrons. The Balaban J connectivity index is 1.49. The fraction of sp³-hybridized carbons (Fsp3) is 0.133. The molecule has 6 rings (SSSR count). The van der Waals surface area contributed by atoms with Gasteiger partial charge < -0.3 is 0 Å². The zero-order chi connectivity index (χ0) is 23.8. The maximum Gasteiger partial charge on any atom is 0.261 e. The molecule has 4 aromatic carbocycles. The molecule has 35 heavy (non-hydrogen) atoms. The summed E-state index contributed by atoms with van der Waals surface area (Å²) >= 11 is 0. The van der Waals surface area contributed by atoms with E-state index >= 15 is 0 Å². The topological polar surface area (TPSA) is 56.6 Å². The van der Waals surface area contributed by atoms with Gasteiger partial charge in [-0.2, -0.15) is 10.3 Å². The van der Waals surface area contributed by atoms with E-state index in [0.717, 1.165) is 16.7 Å². The van der Waals surface area contributed by atoms with Crippen LogP contribution in [0.2, 0.25) is 0 Å². The van der Waals surface area contributed by atoms with Crippen LogP contribution in [0, 0.1) is 11.3 Å². The molecule has 4 aromatic rings. The molecule has 0 aromatic heterocycles. The van der Waals surface area contributed by atoms with Gasteiger partial charge in [-0.15, -0.1) is 0 Å². The zero-order valence-corrected chi connectivity index (χ0v) is 19.0. The summed E-state index contributed by atoms with van der Waals surface area (Å²) in [7, 11) is 0. The van der Waals surface area contributed by atoms with Crippen molar-refractivity contribution in [2.45, 2.75) is 24.7 Å². The van der Waals surface area contributed by atoms with Gasteiger partial charge in [0.1, 0.15) is 0 Å². The molecule has 0 unspecified atom stereocenters. The lowest BCUT2D eigenvalue weighted by Crippen LogP contribution is -2.44. The number of nitriles is 1. The Labute approximate surface area is 204 Å². The molecular formula is C30H23N3O2. The number of benzene rings is 4. The highest BCUT2D eigenvalue weighted by Crippen LogP contribution is 2.54. The molecule has 1 fully saturated rings. The van der Waals surface area contributed by atoms with Gasteiger partial charge in [-0.3, -0.25) is 14.5 Å². The first-order valence-electron chi connectivity index (χ1n) is 11.7. The first kappa shape index (κ1) is 21.3. The van der Waals surface area contributed by atoms with Crippen LogP contribution in [-0.2, 0) is 17.1 Å². The van der Waals surface area contributed by atoms with Gasteiger partial charge in [0.2, 0.25) is 0 Å². The number of carbonyl (C=O) groups excluding carboxylic acids is 1. The first-order chi connectivity index (χ1) is 17.2. The number of rotatable bonds is 4. The van der Waals surface area contributed by atoms with Gasteiger partial charge in [0.15, 0.2) is 5.72 Å². The van der Waals surface area contributed by atoms with Crippen LogP contribution in [-0.4, -0.2) is 11.0 Å². The molecule has 170 valence electrons. The van der Waals surface area contributed by atoms with E-state index in [2.05, 4.69) is 30.3 Å². The number of hydrogen-bond acceptors (Lipinski definition) is 4. The summed E-state index contributed by atoms with van der Waals surface area (Å²) in [6.07, 6.45) is 0.576. The predicted molar refractivity (Wildman–Crippen MR) is 133 cm³/mol. The van der Waals surface area contributed by atoms with Gasteiger partial charge in [0.25, 0.3) is 5.91 Å². The molecule has 0 aliphatic carbocycles. The maximum absolute atomic E-state index is 13.8. The van der Waals surface area contributed by atoms with Crippen molar-refractivity contribution < 1.29 is 9.63 Å². The molecule has 1 amide bonds. The SMILES string of the molecule is N#Cc1ccc(N2C(=O)c3ccccc3[C@]23C[C@@H](c2ccccc2)N(Cc2ccccc2)O3)cc1. The molecule has 0 bridgehead atoms. The first-order valence-corrected chi connectivity index (χ1v) is 11.7. The van der Waals surface area contributed by atoms with Crippen LogP contribution in [0.1, 0.15) is 45.1 Å². The fourth-order valence-corrected chi connectivity index (χ4v) is 5.24. The standard InChI is InChI=1S/C30H23N3O2/c31-20-22-15-17-25(18-16-22)33-29(34)26-13-7-8-14-27(26)30(33)19-28(24-11-5-2-6-12-24)32(35-30)21-23-9-3-1-4-10-23/h1-18,28H,19,21H2/t28-,30+/m0/s1. The summed E-state index contributed by atoms with van der Waals surface area (Å²) in [5.41, 5.74) is 4.05. The van der Waals surface area contributed by atoms with Gasteiger partial charge in [0, 0.05) is 29.8 Å². The summed E-state index contributed by atoms with van der Waals surface area (Å²) in [6, 6.07) is 37.4. The van der Waals surface area contributed by atoms with E-state index in [9.17, 15) is 10.1 Å². The van der Waals surface area contributed by atoms with Crippen LogP contribution in [0.5, 0.6) is 0 Å². The highest BCUT2D eigenvalue weighted by atomic mass is 16.7. The fourth-order valence-electron chi connectivity index (χ4n) is 5.24. The van der Waals surface area contributed by atoms with E-state index in [1.165, 1.54) is 0 Å². The number of fused-ring (bicyclic) bond motifs is 2. The van der Waals surface area contributed by atoms with Gasteiger partial charge in [-0.25, -0.2) is 0 Å². The molecule has 5 nitrogen and oxygen atoms in total. The highest BCUT2D eigenvalue weighted by molar-refractivity contribution is 6.11. The Morgan fingerprint density at radius 1 is 0.857 bits per heavy atom. The van der Waals surface area contributed by atoms with E-state index in [0.29, 0.717) is 29.8 Å². The molecular weight excluding hydrogens is 434 g/mol. The van der Waals surface area contributed by atoms with Crippen molar-refractivity contribution in [3.63, 3.8) is 0 Å². The lowest BCUT2D eigenvalue weighted by Gasteiger charge is -2.35. The number of carbonyl (C=O) groups is 1. The normalized spacial score (nSPS) is 21.3. The second kappa shape index (κ2) is 8.52. The van der Waals surface area contributed by atoms with Crippen LogP contribution in [0.3, 0.4) is 0 Å². The molecule has 5 heteroatoms. The summed E-state index contributed by atoms with van der Waals surface area (Å²) in [5, 5.41) is 11.3. The van der Waals surface area contributed by atoms with Crippen molar-refractivity contribution >= 4 is 11.6 Å². The summed E-state index contributed by atoms with van der Waals surface area (Å²) in [6.45, 7) is 0.583. The average molecular weight is 458 g/mol. The van der Waals surface area contributed by atoms with Crippen molar-refractivity contribution in [1.29, 1.82) is 5.26 Å². The highest BCUT2D eigenvalue weighted by Gasteiger charge is 2.58. The van der Waals surface area contributed by atoms with Crippen molar-refractivity contribution in [2.24, 2.45) is 0 Å². The third kappa shape index (κ3) is 3.52. The van der Waals surface area contributed by atoms with E-state index < -0.39 is 5.72 Å². The smallest absolute Gasteiger partial charge is 0.261 e. The number of anilines is 1. The number of amides is 1. The average Bonchev–Trinajstić information content (AvgIpc) is 3.40. The van der Waals surface area contributed by atoms with Crippen LogP contribution < -0.4 is 4.90 Å². The number of nitrogens with zero attached hydrogens (tertiary/aromatic N) is 3. The van der Waals surface area contributed by atoms with Crippen molar-refractivity contribution in [3.8, 4) is 6.07 Å². The second-order valence-electron chi connectivity index (χ2n) is 8.91. The minimum Gasteiger partial charge on any atom is -0.273 e. The molecule has 2 heterocycles. The van der Waals surface area contributed by atoms with Gasteiger partial charge in [-0.05, 0) is 41.5 Å². The lowest BCUT2D eigenvalue weighted by atomic mass is 9.92. The molecule has 2 aliphatic rings. The Hall–Kier alpha value is -4.24. The van der Waals surface area contributed by atoms with E-state index in [4.69, 9.17) is 4.84 Å². The lowest BCUT2D eigenvalue weighted by molar-refractivity contribution is -0.212. The minimum absolute atomic E-state index is 0.0590. The molecule has 2 atom stereocenters. The van der Waals surface area contributed by atoms with Crippen LogP contribution in [0.15, 0.2) is 109 Å². The Bertz CT molecular complexity index is 1410. The summed E-state index contributed by atoms with van der Waals surface area (Å²) in [4.78, 5) is 22.4. The van der Waals surface area contributed by atoms with E-state index in [1.807, 2.05) is 77.9 Å². The predicted octanol–water partition coefficient (Wildman–Crippen LogP) is 5.95. The van der Waals surface area contributed by atoms with Gasteiger partial charge >= 0.3 is 0 Å². The van der Waals surface area contributed by atoms with Gasteiger partial charge in [-0.1, -0.05) is 78.9 Å². The molecule has 1 saturated heterocycles. The Morgan fingerprint density at radius 2 is 1.51 bits per heavy atom. The van der Waals surface area contributed by atoms with Gasteiger partial charge in [0.05, 0.1) is 17.7 Å². The van der Waals surface area contributed by atoms with Crippen molar-refractivity contribution in [3.05, 3.63) is 137 Å².